The Morgan fingerprint density at radius 3 is 2.86 bits per heavy atom. The molecule has 0 heterocycles. The van der Waals surface area contributed by atoms with Crippen molar-refractivity contribution in [1.29, 1.82) is 5.26 Å². The molecule has 0 bridgehead atoms. The molecular formula is C11H12N2O. The lowest BCUT2D eigenvalue weighted by Gasteiger charge is -2.15. The fourth-order valence-electron chi connectivity index (χ4n) is 1.17. The number of carbonyl (C=O) groups is 1. The monoisotopic (exact) mass is 188 g/mol. The van der Waals surface area contributed by atoms with Crippen LogP contribution in [0.5, 0.6) is 0 Å². The van der Waals surface area contributed by atoms with E-state index < -0.39 is 0 Å². The number of aryl methyl sites for hydroxylation is 1. The number of nitriles is 1. The summed E-state index contributed by atoms with van der Waals surface area (Å²) in [6.45, 7) is 1.96. The topological polar surface area (TPSA) is 44.1 Å². The number of hydrogen-bond acceptors (Lipinski definition) is 2. The number of carbonyl (C=O) groups excluding carboxylic acids is 1. The van der Waals surface area contributed by atoms with E-state index in [2.05, 4.69) is 0 Å². The van der Waals surface area contributed by atoms with E-state index in [0.717, 1.165) is 11.3 Å². The maximum absolute atomic E-state index is 11.4. The van der Waals surface area contributed by atoms with Crippen LogP contribution in [0.1, 0.15) is 12.0 Å². The summed E-state index contributed by atoms with van der Waals surface area (Å²) < 4.78 is 0. The first kappa shape index (κ1) is 10.3. The van der Waals surface area contributed by atoms with Crippen LogP contribution in [0, 0.1) is 18.3 Å². The molecule has 3 nitrogen and oxygen atoms in total. The van der Waals surface area contributed by atoms with Crippen molar-refractivity contribution in [3.05, 3.63) is 29.8 Å². The Bertz CT molecular complexity index is 379. The van der Waals surface area contributed by atoms with Crippen LogP contribution >= 0.6 is 0 Å². The van der Waals surface area contributed by atoms with Crippen molar-refractivity contribution < 1.29 is 4.79 Å². The molecule has 0 aliphatic rings. The van der Waals surface area contributed by atoms with E-state index in [1.54, 1.807) is 7.05 Å². The lowest BCUT2D eigenvalue weighted by atomic mass is 10.2. The summed E-state index contributed by atoms with van der Waals surface area (Å²) in [5, 5.41) is 8.39. The molecular weight excluding hydrogens is 176 g/mol. The van der Waals surface area contributed by atoms with Gasteiger partial charge < -0.3 is 4.90 Å². The summed E-state index contributed by atoms with van der Waals surface area (Å²) in [6.07, 6.45) is -0.0789. The van der Waals surface area contributed by atoms with Gasteiger partial charge in [-0.1, -0.05) is 12.1 Å². The minimum Gasteiger partial charge on any atom is -0.315 e. The van der Waals surface area contributed by atoms with E-state index >= 15 is 0 Å². The van der Waals surface area contributed by atoms with E-state index in [9.17, 15) is 4.79 Å². The van der Waals surface area contributed by atoms with Crippen LogP contribution < -0.4 is 4.90 Å². The number of amides is 1. The number of anilines is 1. The van der Waals surface area contributed by atoms with Crippen molar-refractivity contribution in [3.8, 4) is 6.07 Å². The maximum Gasteiger partial charge on any atom is 0.240 e. The molecule has 14 heavy (non-hydrogen) atoms. The van der Waals surface area contributed by atoms with Crippen molar-refractivity contribution in [2.75, 3.05) is 11.9 Å². The number of nitrogens with zero attached hydrogens (tertiary/aromatic N) is 2. The van der Waals surface area contributed by atoms with Gasteiger partial charge in [-0.3, -0.25) is 4.79 Å². The molecule has 1 rings (SSSR count). The molecule has 0 aliphatic carbocycles. The van der Waals surface area contributed by atoms with Gasteiger partial charge in [-0.15, -0.1) is 0 Å². The third kappa shape index (κ3) is 2.33. The Morgan fingerprint density at radius 2 is 2.29 bits per heavy atom. The first-order chi connectivity index (χ1) is 6.65. The van der Waals surface area contributed by atoms with E-state index in [1.165, 1.54) is 4.90 Å². The average Bonchev–Trinajstić information content (AvgIpc) is 2.17. The quantitative estimate of drug-likeness (QED) is 0.711. The lowest BCUT2D eigenvalue weighted by molar-refractivity contribution is -0.117. The standard InChI is InChI=1S/C11H12N2O/c1-9-4-3-5-10(8-9)13(2)11(14)6-7-12/h3-5,8H,6H2,1-2H3. The van der Waals surface area contributed by atoms with Gasteiger partial charge in [0.25, 0.3) is 0 Å². The summed E-state index contributed by atoms with van der Waals surface area (Å²) >= 11 is 0. The molecule has 72 valence electrons. The molecule has 0 aromatic heterocycles. The average molecular weight is 188 g/mol. The lowest BCUT2D eigenvalue weighted by Crippen LogP contribution is -2.25. The molecule has 0 unspecified atom stereocenters. The minimum absolute atomic E-state index is 0.0789. The van der Waals surface area contributed by atoms with Crippen LogP contribution in [0.4, 0.5) is 5.69 Å². The predicted octanol–water partition coefficient (Wildman–Crippen LogP) is 1.87. The smallest absolute Gasteiger partial charge is 0.240 e. The maximum atomic E-state index is 11.4. The first-order valence-electron chi connectivity index (χ1n) is 4.35. The molecule has 1 aromatic carbocycles. The van der Waals surface area contributed by atoms with E-state index in [-0.39, 0.29) is 12.3 Å². The fourth-order valence-corrected chi connectivity index (χ4v) is 1.17. The van der Waals surface area contributed by atoms with E-state index in [0.29, 0.717) is 0 Å². The van der Waals surface area contributed by atoms with Crippen LogP contribution in [-0.4, -0.2) is 13.0 Å². The zero-order chi connectivity index (χ0) is 10.6. The molecule has 3 heteroatoms. The largest absolute Gasteiger partial charge is 0.315 e. The minimum atomic E-state index is -0.182. The molecule has 0 N–H and O–H groups in total. The third-order valence-electron chi connectivity index (χ3n) is 1.99. The third-order valence-corrected chi connectivity index (χ3v) is 1.99. The van der Waals surface area contributed by atoms with Gasteiger partial charge in [-0.05, 0) is 24.6 Å². The first-order valence-corrected chi connectivity index (χ1v) is 4.35. The van der Waals surface area contributed by atoms with Gasteiger partial charge in [-0.2, -0.15) is 5.26 Å². The summed E-state index contributed by atoms with van der Waals surface area (Å²) in [7, 11) is 1.68. The molecule has 0 radical (unpaired) electrons. The SMILES string of the molecule is Cc1cccc(N(C)C(=O)CC#N)c1. The molecule has 0 fully saturated rings. The highest BCUT2D eigenvalue weighted by Crippen LogP contribution is 2.14. The second kappa shape index (κ2) is 4.43. The molecule has 0 atom stereocenters. The van der Waals surface area contributed by atoms with Crippen LogP contribution in [0.3, 0.4) is 0 Å². The Balaban J connectivity index is 2.85. The Labute approximate surface area is 83.6 Å². The highest BCUT2D eigenvalue weighted by Gasteiger charge is 2.09. The van der Waals surface area contributed by atoms with E-state index in [1.807, 2.05) is 37.3 Å². The fraction of sp³-hybridized carbons (Fsp3) is 0.273. The molecule has 1 aromatic rings. The van der Waals surface area contributed by atoms with Crippen molar-refractivity contribution in [1.82, 2.24) is 0 Å². The summed E-state index contributed by atoms with van der Waals surface area (Å²) in [5.74, 6) is -0.182. The molecule has 0 spiro atoms. The van der Waals surface area contributed by atoms with Gasteiger partial charge in [0.1, 0.15) is 6.42 Å². The Hall–Kier alpha value is -1.82. The van der Waals surface area contributed by atoms with Crippen molar-refractivity contribution in [2.24, 2.45) is 0 Å². The summed E-state index contributed by atoms with van der Waals surface area (Å²) in [5.41, 5.74) is 1.92. The highest BCUT2D eigenvalue weighted by molar-refractivity contribution is 5.94. The normalized spacial score (nSPS) is 9.21. The summed E-state index contributed by atoms with van der Waals surface area (Å²) in [6, 6.07) is 9.46. The molecule has 1 amide bonds. The van der Waals surface area contributed by atoms with E-state index in [4.69, 9.17) is 5.26 Å². The highest BCUT2D eigenvalue weighted by atomic mass is 16.2. The molecule has 0 saturated heterocycles. The zero-order valence-corrected chi connectivity index (χ0v) is 8.32. The Morgan fingerprint density at radius 1 is 1.57 bits per heavy atom. The van der Waals surface area contributed by atoms with Crippen molar-refractivity contribution in [3.63, 3.8) is 0 Å². The van der Waals surface area contributed by atoms with Gasteiger partial charge >= 0.3 is 0 Å². The number of rotatable bonds is 2. The zero-order valence-electron chi connectivity index (χ0n) is 8.32. The number of hydrogen-bond donors (Lipinski definition) is 0. The Kier molecular flexibility index (Phi) is 3.24. The second-order valence-electron chi connectivity index (χ2n) is 3.13. The van der Waals surface area contributed by atoms with Crippen LogP contribution in [0.15, 0.2) is 24.3 Å². The second-order valence-corrected chi connectivity index (χ2v) is 3.13. The van der Waals surface area contributed by atoms with Crippen molar-refractivity contribution in [2.45, 2.75) is 13.3 Å². The van der Waals surface area contributed by atoms with Crippen molar-refractivity contribution >= 4 is 11.6 Å². The van der Waals surface area contributed by atoms with Gasteiger partial charge in [0, 0.05) is 12.7 Å². The number of benzene rings is 1. The van der Waals surface area contributed by atoms with Gasteiger partial charge in [0.2, 0.25) is 5.91 Å². The molecule has 0 saturated carbocycles. The van der Waals surface area contributed by atoms with Crippen LogP contribution in [-0.2, 0) is 4.79 Å². The predicted molar refractivity (Wildman–Crippen MR) is 54.8 cm³/mol. The van der Waals surface area contributed by atoms with Gasteiger partial charge in [-0.25, -0.2) is 0 Å². The van der Waals surface area contributed by atoms with Gasteiger partial charge in [0.15, 0.2) is 0 Å². The molecule has 0 aliphatic heterocycles. The summed E-state index contributed by atoms with van der Waals surface area (Å²) in [4.78, 5) is 12.9. The van der Waals surface area contributed by atoms with Crippen LogP contribution in [0.2, 0.25) is 0 Å². The van der Waals surface area contributed by atoms with Crippen LogP contribution in [0.25, 0.3) is 0 Å². The van der Waals surface area contributed by atoms with Gasteiger partial charge in [0.05, 0.1) is 6.07 Å².